The molecule has 0 aliphatic carbocycles. The lowest BCUT2D eigenvalue weighted by molar-refractivity contribution is 1.17. The number of fused-ring (bicyclic) bond motifs is 9. The van der Waals surface area contributed by atoms with Gasteiger partial charge >= 0.3 is 0 Å². The van der Waals surface area contributed by atoms with Gasteiger partial charge in [-0.05, 0) is 116 Å². The van der Waals surface area contributed by atoms with E-state index >= 15 is 0 Å². The molecule has 1 heteroatoms. The van der Waals surface area contributed by atoms with Crippen molar-refractivity contribution in [3.8, 4) is 27.9 Å². The van der Waals surface area contributed by atoms with Crippen molar-refractivity contribution in [2.75, 3.05) is 0 Å². The topological polar surface area (TPSA) is 4.93 Å². The zero-order chi connectivity index (χ0) is 30.1. The quantitative estimate of drug-likeness (QED) is 0.185. The molecule has 0 aliphatic heterocycles. The fourth-order valence-electron chi connectivity index (χ4n) is 7.43. The monoisotopic (exact) mass is 573 g/mol. The van der Waals surface area contributed by atoms with Crippen LogP contribution in [0.1, 0.15) is 11.1 Å². The third-order valence-corrected chi connectivity index (χ3v) is 9.66. The van der Waals surface area contributed by atoms with Crippen LogP contribution in [0, 0.1) is 13.8 Å². The van der Waals surface area contributed by atoms with E-state index in [2.05, 4.69) is 170 Å². The SMILES string of the molecule is Cc1ccccc1-c1cc(-n2c3ccccc3c3cc(-c4ccc5c6ccccc6c6ccccc6c5c4)ccc32)ccc1C. The summed E-state index contributed by atoms with van der Waals surface area (Å²) in [5.41, 5.74) is 11.2. The molecule has 0 radical (unpaired) electrons. The highest BCUT2D eigenvalue weighted by Crippen LogP contribution is 2.40. The van der Waals surface area contributed by atoms with Crippen LogP contribution in [0.15, 0.2) is 152 Å². The van der Waals surface area contributed by atoms with Crippen molar-refractivity contribution in [1.29, 1.82) is 0 Å². The molecule has 1 nitrogen and oxygen atoms in total. The molecule has 0 saturated carbocycles. The van der Waals surface area contributed by atoms with Crippen LogP contribution in [0.2, 0.25) is 0 Å². The predicted molar refractivity (Wildman–Crippen MR) is 194 cm³/mol. The van der Waals surface area contributed by atoms with E-state index in [1.807, 2.05) is 0 Å². The average molecular weight is 574 g/mol. The van der Waals surface area contributed by atoms with Gasteiger partial charge in [0.05, 0.1) is 11.0 Å². The second-order valence-corrected chi connectivity index (χ2v) is 12.3. The van der Waals surface area contributed by atoms with Crippen LogP contribution in [0.3, 0.4) is 0 Å². The minimum absolute atomic E-state index is 1.18. The van der Waals surface area contributed by atoms with Gasteiger partial charge in [0, 0.05) is 16.5 Å². The van der Waals surface area contributed by atoms with E-state index in [1.165, 1.54) is 93.2 Å². The maximum atomic E-state index is 2.43. The average Bonchev–Trinajstić information content (AvgIpc) is 3.42. The third-order valence-electron chi connectivity index (χ3n) is 9.66. The zero-order valence-corrected chi connectivity index (χ0v) is 25.4. The lowest BCUT2D eigenvalue weighted by Crippen LogP contribution is -1.96. The number of aryl methyl sites for hydroxylation is 2. The number of benzene rings is 8. The van der Waals surface area contributed by atoms with Gasteiger partial charge in [0.15, 0.2) is 0 Å². The van der Waals surface area contributed by atoms with Crippen molar-refractivity contribution in [2.24, 2.45) is 0 Å². The summed E-state index contributed by atoms with van der Waals surface area (Å²) in [5, 5.41) is 10.4. The normalized spacial score (nSPS) is 11.8. The summed E-state index contributed by atoms with van der Waals surface area (Å²) in [6, 6.07) is 55.9. The molecule has 9 aromatic rings. The van der Waals surface area contributed by atoms with E-state index in [0.29, 0.717) is 0 Å². The number of rotatable bonds is 3. The maximum absolute atomic E-state index is 2.43. The standard InChI is InChI=1S/C44H31N/c1-28-11-3-4-12-33(28)40-27-32(22-19-29(40)2)45-43-18-10-9-17-39(43)42-26-31(21-24-44(42)45)30-20-23-38-36-15-6-5-13-34(36)35-14-7-8-16-37(35)41(38)25-30/h3-27H,1-2H3. The van der Waals surface area contributed by atoms with E-state index in [9.17, 15) is 0 Å². The Labute approximate surface area is 262 Å². The molecule has 0 spiro atoms. The van der Waals surface area contributed by atoms with E-state index in [0.717, 1.165) is 0 Å². The highest BCUT2D eigenvalue weighted by molar-refractivity contribution is 6.25. The van der Waals surface area contributed by atoms with Crippen LogP contribution in [0.5, 0.6) is 0 Å². The molecule has 0 saturated heterocycles. The number of para-hydroxylation sites is 1. The predicted octanol–water partition coefficient (Wildman–Crippen LogP) is 12.2. The Morgan fingerprint density at radius 3 is 1.56 bits per heavy atom. The van der Waals surface area contributed by atoms with Crippen molar-refractivity contribution in [1.82, 2.24) is 4.57 Å². The molecule has 212 valence electrons. The van der Waals surface area contributed by atoms with Gasteiger partial charge in [0.25, 0.3) is 0 Å². The number of hydrogen-bond acceptors (Lipinski definition) is 0. The van der Waals surface area contributed by atoms with Crippen molar-refractivity contribution in [3.63, 3.8) is 0 Å². The maximum Gasteiger partial charge on any atom is 0.0541 e. The van der Waals surface area contributed by atoms with Crippen LogP contribution >= 0.6 is 0 Å². The molecule has 0 amide bonds. The molecule has 0 N–H and O–H groups in total. The third kappa shape index (κ3) is 3.94. The van der Waals surface area contributed by atoms with Gasteiger partial charge in [0.2, 0.25) is 0 Å². The summed E-state index contributed by atoms with van der Waals surface area (Å²) in [7, 11) is 0. The first-order chi connectivity index (χ1) is 22.2. The smallest absolute Gasteiger partial charge is 0.0541 e. The Morgan fingerprint density at radius 2 is 0.844 bits per heavy atom. The summed E-state index contributed by atoms with van der Waals surface area (Å²) in [6.07, 6.45) is 0. The number of nitrogens with zero attached hydrogens (tertiary/aromatic N) is 1. The first-order valence-electron chi connectivity index (χ1n) is 15.7. The first kappa shape index (κ1) is 25.8. The van der Waals surface area contributed by atoms with Gasteiger partial charge < -0.3 is 4.57 Å². The summed E-state index contributed by atoms with van der Waals surface area (Å²) in [4.78, 5) is 0. The van der Waals surface area contributed by atoms with Crippen molar-refractivity contribution >= 4 is 54.1 Å². The van der Waals surface area contributed by atoms with Gasteiger partial charge in [-0.1, -0.05) is 115 Å². The molecule has 1 heterocycles. The van der Waals surface area contributed by atoms with Crippen molar-refractivity contribution < 1.29 is 0 Å². The Morgan fingerprint density at radius 1 is 0.333 bits per heavy atom. The molecule has 0 bridgehead atoms. The highest BCUT2D eigenvalue weighted by Gasteiger charge is 2.16. The molecule has 0 atom stereocenters. The van der Waals surface area contributed by atoms with Crippen LogP contribution < -0.4 is 0 Å². The Kier molecular flexibility index (Phi) is 5.70. The second kappa shape index (κ2) is 9.94. The fraction of sp³-hybridized carbons (Fsp3) is 0.0455. The van der Waals surface area contributed by atoms with E-state index in [4.69, 9.17) is 0 Å². The van der Waals surface area contributed by atoms with Crippen molar-refractivity contribution in [3.05, 3.63) is 163 Å². The molecule has 0 unspecified atom stereocenters. The lowest BCUT2D eigenvalue weighted by atomic mass is 9.92. The summed E-state index contributed by atoms with van der Waals surface area (Å²) in [5.74, 6) is 0. The van der Waals surface area contributed by atoms with E-state index < -0.39 is 0 Å². The van der Waals surface area contributed by atoms with Gasteiger partial charge in [-0.15, -0.1) is 0 Å². The summed E-state index contributed by atoms with van der Waals surface area (Å²) < 4.78 is 2.43. The molecule has 1 aromatic heterocycles. The molecule has 0 aliphatic rings. The van der Waals surface area contributed by atoms with Crippen LogP contribution in [-0.2, 0) is 0 Å². The lowest BCUT2D eigenvalue weighted by Gasteiger charge is -2.14. The Balaban J connectivity index is 1.26. The summed E-state index contributed by atoms with van der Waals surface area (Å²) >= 11 is 0. The molecule has 8 aromatic carbocycles. The van der Waals surface area contributed by atoms with Crippen molar-refractivity contribution in [2.45, 2.75) is 13.8 Å². The Hall–Kier alpha value is -5.66. The van der Waals surface area contributed by atoms with Gasteiger partial charge in [-0.3, -0.25) is 0 Å². The molecule has 9 rings (SSSR count). The van der Waals surface area contributed by atoms with E-state index in [-0.39, 0.29) is 0 Å². The molecular weight excluding hydrogens is 542 g/mol. The van der Waals surface area contributed by atoms with Crippen LogP contribution in [0.4, 0.5) is 0 Å². The van der Waals surface area contributed by atoms with Gasteiger partial charge in [-0.25, -0.2) is 0 Å². The second-order valence-electron chi connectivity index (χ2n) is 12.3. The highest BCUT2D eigenvalue weighted by atomic mass is 15.0. The summed E-state index contributed by atoms with van der Waals surface area (Å²) in [6.45, 7) is 4.40. The number of hydrogen-bond donors (Lipinski definition) is 0. The minimum Gasteiger partial charge on any atom is -0.309 e. The number of aromatic nitrogens is 1. The largest absolute Gasteiger partial charge is 0.309 e. The molecular formula is C44H31N. The Bertz CT molecular complexity index is 2580. The van der Waals surface area contributed by atoms with Crippen LogP contribution in [0.25, 0.3) is 82.1 Å². The van der Waals surface area contributed by atoms with Gasteiger partial charge in [-0.2, -0.15) is 0 Å². The molecule has 45 heavy (non-hydrogen) atoms. The first-order valence-corrected chi connectivity index (χ1v) is 15.7. The van der Waals surface area contributed by atoms with E-state index in [1.54, 1.807) is 0 Å². The molecule has 0 fully saturated rings. The van der Waals surface area contributed by atoms with Gasteiger partial charge in [0.1, 0.15) is 0 Å². The zero-order valence-electron chi connectivity index (χ0n) is 25.4. The van der Waals surface area contributed by atoms with Crippen LogP contribution in [-0.4, -0.2) is 4.57 Å². The fourth-order valence-corrected chi connectivity index (χ4v) is 7.43. The minimum atomic E-state index is 1.18.